The van der Waals surface area contributed by atoms with Crippen LogP contribution in [0.25, 0.3) is 0 Å². The van der Waals surface area contributed by atoms with Crippen LogP contribution in [0.5, 0.6) is 0 Å². The molecule has 0 spiro atoms. The van der Waals surface area contributed by atoms with Crippen molar-refractivity contribution in [2.45, 2.75) is 52.9 Å². The van der Waals surface area contributed by atoms with E-state index in [2.05, 4.69) is 19.9 Å². The number of rotatable bonds is 9. The molecule has 0 rings (SSSR count). The second kappa shape index (κ2) is 9.23. The summed E-state index contributed by atoms with van der Waals surface area (Å²) in [7, 11) is 0. The van der Waals surface area contributed by atoms with Crippen molar-refractivity contribution >= 4 is 5.97 Å². The molecule has 2 unspecified atom stereocenters. The molecule has 0 saturated heterocycles. The molecule has 0 saturated carbocycles. The molecule has 0 fully saturated rings. The van der Waals surface area contributed by atoms with Crippen molar-refractivity contribution in [2.24, 2.45) is 11.8 Å². The number of allylic oxidation sites excluding steroid dienone is 2. The Kier molecular flexibility index (Phi) is 8.78. The molecule has 0 aliphatic carbocycles. The van der Waals surface area contributed by atoms with Crippen molar-refractivity contribution in [2.75, 3.05) is 6.61 Å². The molecule has 2 atom stereocenters. The summed E-state index contributed by atoms with van der Waals surface area (Å²) in [6, 6.07) is 0. The summed E-state index contributed by atoms with van der Waals surface area (Å²) < 4.78 is 0. The van der Waals surface area contributed by atoms with Crippen LogP contribution in [-0.4, -0.2) is 22.8 Å². The summed E-state index contributed by atoms with van der Waals surface area (Å²) in [4.78, 5) is 11.2. The molecule has 0 aliphatic heterocycles. The Morgan fingerprint density at radius 2 is 1.88 bits per heavy atom. The predicted octanol–water partition coefficient (Wildman–Crippen LogP) is 3.23. The van der Waals surface area contributed by atoms with Crippen molar-refractivity contribution in [1.29, 1.82) is 0 Å². The van der Waals surface area contributed by atoms with Crippen LogP contribution in [0.2, 0.25) is 0 Å². The van der Waals surface area contributed by atoms with Crippen molar-refractivity contribution < 1.29 is 15.0 Å². The highest BCUT2D eigenvalue weighted by Crippen LogP contribution is 2.23. The summed E-state index contributed by atoms with van der Waals surface area (Å²) >= 11 is 0. The van der Waals surface area contributed by atoms with Gasteiger partial charge in [-0.2, -0.15) is 0 Å². The van der Waals surface area contributed by atoms with Crippen LogP contribution in [0.15, 0.2) is 11.6 Å². The van der Waals surface area contributed by atoms with Gasteiger partial charge < -0.3 is 10.2 Å². The Morgan fingerprint density at radius 3 is 2.35 bits per heavy atom. The molecular formula is C14H26O3. The second-order valence-corrected chi connectivity index (χ2v) is 5.00. The number of carboxylic acids is 1. The van der Waals surface area contributed by atoms with Crippen LogP contribution in [0.1, 0.15) is 52.9 Å². The van der Waals surface area contributed by atoms with Gasteiger partial charge in [0.1, 0.15) is 0 Å². The number of carboxylic acid groups (broad SMARTS) is 1. The van der Waals surface area contributed by atoms with Crippen molar-refractivity contribution in [1.82, 2.24) is 0 Å². The normalized spacial score (nSPS) is 14.1. The van der Waals surface area contributed by atoms with Gasteiger partial charge in [-0.3, -0.25) is 4.79 Å². The first-order valence-electron chi connectivity index (χ1n) is 6.46. The summed E-state index contributed by atoms with van der Waals surface area (Å²) in [6.45, 7) is 6.27. The van der Waals surface area contributed by atoms with Gasteiger partial charge in [0.2, 0.25) is 0 Å². The average Bonchev–Trinajstić information content (AvgIpc) is 2.23. The van der Waals surface area contributed by atoms with E-state index in [1.807, 2.05) is 6.92 Å². The van der Waals surface area contributed by atoms with Crippen molar-refractivity contribution in [3.63, 3.8) is 0 Å². The highest BCUT2D eigenvalue weighted by atomic mass is 16.4. The lowest BCUT2D eigenvalue weighted by atomic mass is 9.86. The molecule has 3 nitrogen and oxygen atoms in total. The summed E-state index contributed by atoms with van der Waals surface area (Å²) in [5.41, 5.74) is 1.28. The summed E-state index contributed by atoms with van der Waals surface area (Å²) in [5.74, 6) is -0.776. The van der Waals surface area contributed by atoms with Gasteiger partial charge in [0.15, 0.2) is 0 Å². The zero-order chi connectivity index (χ0) is 13.3. The minimum Gasteiger partial charge on any atom is -0.481 e. The van der Waals surface area contributed by atoms with Gasteiger partial charge in [-0.05, 0) is 45.4 Å². The van der Waals surface area contributed by atoms with Crippen molar-refractivity contribution in [3.05, 3.63) is 11.6 Å². The van der Waals surface area contributed by atoms with Gasteiger partial charge >= 0.3 is 5.97 Å². The predicted molar refractivity (Wildman–Crippen MR) is 69.9 cm³/mol. The Morgan fingerprint density at radius 1 is 1.24 bits per heavy atom. The number of aliphatic hydroxyl groups excluding tert-OH is 1. The van der Waals surface area contributed by atoms with E-state index in [4.69, 9.17) is 5.11 Å². The van der Waals surface area contributed by atoms with Gasteiger partial charge in [0.25, 0.3) is 0 Å². The van der Waals surface area contributed by atoms with Gasteiger partial charge in [-0.15, -0.1) is 0 Å². The quantitative estimate of drug-likeness (QED) is 0.482. The number of unbranched alkanes of at least 4 members (excludes halogenated alkanes) is 1. The molecule has 0 aliphatic rings. The Bertz CT molecular complexity index is 242. The number of aliphatic hydroxyl groups is 1. The van der Waals surface area contributed by atoms with Gasteiger partial charge in [0.05, 0.1) is 5.92 Å². The summed E-state index contributed by atoms with van der Waals surface area (Å²) in [5, 5.41) is 17.9. The van der Waals surface area contributed by atoms with E-state index in [-0.39, 0.29) is 18.4 Å². The molecule has 0 heterocycles. The molecule has 0 aromatic rings. The minimum atomic E-state index is -0.701. The van der Waals surface area contributed by atoms with E-state index < -0.39 is 5.97 Å². The maximum atomic E-state index is 11.2. The lowest BCUT2D eigenvalue weighted by Crippen LogP contribution is -2.21. The second-order valence-electron chi connectivity index (χ2n) is 5.00. The topological polar surface area (TPSA) is 57.5 Å². The third kappa shape index (κ3) is 7.97. The average molecular weight is 242 g/mol. The van der Waals surface area contributed by atoms with Crippen LogP contribution < -0.4 is 0 Å². The first-order chi connectivity index (χ1) is 7.99. The van der Waals surface area contributed by atoms with Crippen LogP contribution in [-0.2, 0) is 4.79 Å². The zero-order valence-electron chi connectivity index (χ0n) is 11.3. The molecule has 0 radical (unpaired) electrons. The van der Waals surface area contributed by atoms with E-state index >= 15 is 0 Å². The third-order valence-corrected chi connectivity index (χ3v) is 3.10. The largest absolute Gasteiger partial charge is 0.481 e. The van der Waals surface area contributed by atoms with E-state index in [1.54, 1.807) is 0 Å². The highest BCUT2D eigenvalue weighted by Gasteiger charge is 2.23. The Hall–Kier alpha value is -0.830. The fourth-order valence-corrected chi connectivity index (χ4v) is 1.96. The van der Waals surface area contributed by atoms with E-state index in [1.165, 1.54) is 5.57 Å². The van der Waals surface area contributed by atoms with Gasteiger partial charge in [-0.1, -0.05) is 25.0 Å². The van der Waals surface area contributed by atoms with Gasteiger partial charge in [-0.25, -0.2) is 0 Å². The van der Waals surface area contributed by atoms with Crippen LogP contribution >= 0.6 is 0 Å². The molecule has 3 heteroatoms. The fourth-order valence-electron chi connectivity index (χ4n) is 1.96. The van der Waals surface area contributed by atoms with Gasteiger partial charge in [0, 0.05) is 6.61 Å². The maximum absolute atomic E-state index is 11.2. The molecule has 2 N–H and O–H groups in total. The number of hydrogen-bond donors (Lipinski definition) is 2. The SMILES string of the molecule is CC(C)=CCCC(C)C(CCCCO)C(=O)O. The van der Waals surface area contributed by atoms with E-state index in [0.29, 0.717) is 12.8 Å². The first kappa shape index (κ1) is 16.2. The lowest BCUT2D eigenvalue weighted by Gasteiger charge is -2.19. The smallest absolute Gasteiger partial charge is 0.306 e. The van der Waals surface area contributed by atoms with Crippen LogP contribution in [0, 0.1) is 11.8 Å². The van der Waals surface area contributed by atoms with Crippen molar-refractivity contribution in [3.8, 4) is 0 Å². The zero-order valence-corrected chi connectivity index (χ0v) is 11.3. The lowest BCUT2D eigenvalue weighted by molar-refractivity contribution is -0.143. The molecule has 0 aromatic carbocycles. The number of hydrogen-bond acceptors (Lipinski definition) is 2. The maximum Gasteiger partial charge on any atom is 0.306 e. The highest BCUT2D eigenvalue weighted by molar-refractivity contribution is 5.70. The third-order valence-electron chi connectivity index (χ3n) is 3.10. The Balaban J connectivity index is 4.10. The monoisotopic (exact) mass is 242 g/mol. The van der Waals surface area contributed by atoms with Crippen LogP contribution in [0.4, 0.5) is 0 Å². The molecule has 0 amide bonds. The molecule has 0 bridgehead atoms. The Labute approximate surface area is 105 Å². The molecule has 17 heavy (non-hydrogen) atoms. The van der Waals surface area contributed by atoms with E-state index in [9.17, 15) is 9.90 Å². The molecule has 0 aromatic heterocycles. The minimum absolute atomic E-state index is 0.151. The first-order valence-corrected chi connectivity index (χ1v) is 6.46. The molecular weight excluding hydrogens is 216 g/mol. The fraction of sp³-hybridized carbons (Fsp3) is 0.786. The summed E-state index contributed by atoms with van der Waals surface area (Å²) in [6.07, 6.45) is 6.19. The standard InChI is InChI=1S/C14H26O3/c1-11(2)7-6-8-12(3)13(14(16)17)9-4-5-10-15/h7,12-13,15H,4-6,8-10H2,1-3H3,(H,16,17). The number of carbonyl (C=O) groups is 1. The van der Waals surface area contributed by atoms with Crippen LogP contribution in [0.3, 0.4) is 0 Å². The molecule has 100 valence electrons. The number of aliphatic carboxylic acids is 1. The van der Waals surface area contributed by atoms with E-state index in [0.717, 1.165) is 19.3 Å².